The third-order valence-electron chi connectivity index (χ3n) is 5.28. The second-order valence-electron chi connectivity index (χ2n) is 7.01. The van der Waals surface area contributed by atoms with Crippen molar-refractivity contribution in [2.45, 2.75) is 38.1 Å². The second kappa shape index (κ2) is 7.73. The van der Waals surface area contributed by atoms with Crippen LogP contribution < -0.4 is 10.2 Å². The quantitative estimate of drug-likeness (QED) is 0.902. The van der Waals surface area contributed by atoms with E-state index in [0.717, 1.165) is 19.4 Å². The van der Waals surface area contributed by atoms with E-state index in [0.29, 0.717) is 29.7 Å². The van der Waals surface area contributed by atoms with Crippen molar-refractivity contribution in [1.82, 2.24) is 14.9 Å². The van der Waals surface area contributed by atoms with Crippen molar-refractivity contribution in [3.63, 3.8) is 0 Å². The van der Waals surface area contributed by atoms with Crippen molar-refractivity contribution in [3.05, 3.63) is 48.4 Å². The normalized spacial score (nSPS) is 18.0. The molecule has 1 aliphatic heterocycles. The van der Waals surface area contributed by atoms with Crippen LogP contribution in [-0.2, 0) is 0 Å². The number of urea groups is 1. The molecular weight excluding hydrogens is 342 g/mol. The number of nitrogens with one attached hydrogen (secondary N) is 1. The van der Waals surface area contributed by atoms with Gasteiger partial charge in [0.05, 0.1) is 11.9 Å². The Hall–Kier alpha value is -2.96. The Balaban J connectivity index is 1.40. The van der Waals surface area contributed by atoms with Gasteiger partial charge in [0, 0.05) is 37.1 Å². The molecule has 0 bridgehead atoms. The maximum Gasteiger partial charge on any atom is 0.326 e. The van der Waals surface area contributed by atoms with Crippen molar-refractivity contribution in [2.75, 3.05) is 23.3 Å². The number of carbonyl (C=O) groups excluding carboxylic acids is 2. The van der Waals surface area contributed by atoms with Gasteiger partial charge in [-0.25, -0.2) is 9.78 Å². The molecule has 0 radical (unpaired) electrons. The molecule has 140 valence electrons. The van der Waals surface area contributed by atoms with Crippen molar-refractivity contribution in [1.29, 1.82) is 0 Å². The fourth-order valence-corrected chi connectivity index (χ4v) is 3.82. The van der Waals surface area contributed by atoms with Gasteiger partial charge >= 0.3 is 6.03 Å². The summed E-state index contributed by atoms with van der Waals surface area (Å²) in [5.74, 6) is 0.410. The van der Waals surface area contributed by atoms with Gasteiger partial charge in [0.1, 0.15) is 5.82 Å². The average Bonchev–Trinajstić information content (AvgIpc) is 3.11. The van der Waals surface area contributed by atoms with Crippen molar-refractivity contribution in [3.8, 4) is 0 Å². The molecule has 1 saturated carbocycles. The van der Waals surface area contributed by atoms with E-state index in [1.165, 1.54) is 19.3 Å². The summed E-state index contributed by atoms with van der Waals surface area (Å²) in [6.07, 6.45) is 10.6. The molecule has 7 heteroatoms. The number of pyridine rings is 2. The van der Waals surface area contributed by atoms with E-state index in [1.807, 2.05) is 4.90 Å². The molecule has 2 fully saturated rings. The monoisotopic (exact) mass is 365 g/mol. The smallest absolute Gasteiger partial charge is 0.321 e. The van der Waals surface area contributed by atoms with Gasteiger partial charge in [-0.2, -0.15) is 0 Å². The largest absolute Gasteiger partial charge is 0.326 e. The van der Waals surface area contributed by atoms with E-state index in [1.54, 1.807) is 47.8 Å². The summed E-state index contributed by atoms with van der Waals surface area (Å²) in [5.41, 5.74) is 1.13. The Morgan fingerprint density at radius 2 is 1.81 bits per heavy atom. The summed E-state index contributed by atoms with van der Waals surface area (Å²) < 4.78 is 0. The zero-order valence-electron chi connectivity index (χ0n) is 15.2. The zero-order chi connectivity index (χ0) is 18.6. The Labute approximate surface area is 158 Å². The summed E-state index contributed by atoms with van der Waals surface area (Å²) in [6.45, 7) is 1.41. The molecule has 0 atom stereocenters. The standard InChI is InChI=1S/C20H23N5O2/c26-19(15-8-10-21-11-9-15)23-16-6-7-18(22-14-16)25-13-12-24(20(25)27)17-4-2-1-3-5-17/h6-11,14,17H,1-5,12-13H2,(H,23,26). The lowest BCUT2D eigenvalue weighted by molar-refractivity contribution is 0.102. The van der Waals surface area contributed by atoms with Crippen molar-refractivity contribution in [2.24, 2.45) is 0 Å². The summed E-state index contributed by atoms with van der Waals surface area (Å²) in [6, 6.07) is 7.28. The lowest BCUT2D eigenvalue weighted by atomic mass is 9.94. The number of hydrogen-bond donors (Lipinski definition) is 1. The number of amides is 3. The highest BCUT2D eigenvalue weighted by molar-refractivity contribution is 6.04. The van der Waals surface area contributed by atoms with Crippen LogP contribution in [0.1, 0.15) is 42.5 Å². The number of anilines is 2. The first-order valence-corrected chi connectivity index (χ1v) is 9.48. The Bertz CT molecular complexity index is 803. The van der Waals surface area contributed by atoms with Crippen molar-refractivity contribution >= 4 is 23.4 Å². The van der Waals surface area contributed by atoms with Crippen LogP contribution >= 0.6 is 0 Å². The fraction of sp³-hybridized carbons (Fsp3) is 0.400. The van der Waals surface area contributed by atoms with Crippen LogP contribution in [0.5, 0.6) is 0 Å². The number of nitrogens with zero attached hydrogens (tertiary/aromatic N) is 4. The molecule has 2 aliphatic rings. The van der Waals surface area contributed by atoms with E-state index in [2.05, 4.69) is 15.3 Å². The molecular formula is C20H23N5O2. The minimum atomic E-state index is -0.215. The van der Waals surface area contributed by atoms with E-state index >= 15 is 0 Å². The lowest BCUT2D eigenvalue weighted by Crippen LogP contribution is -2.40. The number of hydrogen-bond acceptors (Lipinski definition) is 4. The van der Waals surface area contributed by atoms with Gasteiger partial charge in [0.25, 0.3) is 5.91 Å². The van der Waals surface area contributed by atoms with Crippen LogP contribution in [0, 0.1) is 0 Å². The summed E-state index contributed by atoms with van der Waals surface area (Å²) >= 11 is 0. The first-order valence-electron chi connectivity index (χ1n) is 9.48. The van der Waals surface area contributed by atoms with Crippen LogP contribution in [0.15, 0.2) is 42.9 Å². The third-order valence-corrected chi connectivity index (χ3v) is 5.28. The molecule has 2 aromatic rings. The molecule has 3 heterocycles. The van der Waals surface area contributed by atoms with Crippen LogP contribution in [0.25, 0.3) is 0 Å². The summed E-state index contributed by atoms with van der Waals surface area (Å²) in [4.78, 5) is 37.0. The van der Waals surface area contributed by atoms with Crippen LogP contribution in [-0.4, -0.2) is 45.9 Å². The van der Waals surface area contributed by atoms with Crippen LogP contribution in [0.4, 0.5) is 16.3 Å². The molecule has 4 rings (SSSR count). The Kier molecular flexibility index (Phi) is 5.00. The zero-order valence-corrected chi connectivity index (χ0v) is 15.2. The topological polar surface area (TPSA) is 78.4 Å². The summed E-state index contributed by atoms with van der Waals surface area (Å²) in [5, 5.41) is 2.80. The third kappa shape index (κ3) is 3.77. The van der Waals surface area contributed by atoms with Gasteiger partial charge in [-0.15, -0.1) is 0 Å². The molecule has 1 saturated heterocycles. The van der Waals surface area contributed by atoms with Gasteiger partial charge in [-0.3, -0.25) is 14.7 Å². The lowest BCUT2D eigenvalue weighted by Gasteiger charge is -2.30. The Morgan fingerprint density at radius 3 is 2.52 bits per heavy atom. The molecule has 3 amide bonds. The molecule has 27 heavy (non-hydrogen) atoms. The predicted octanol–water partition coefficient (Wildman–Crippen LogP) is 3.30. The predicted molar refractivity (Wildman–Crippen MR) is 103 cm³/mol. The highest BCUT2D eigenvalue weighted by Crippen LogP contribution is 2.27. The van der Waals surface area contributed by atoms with Gasteiger partial charge in [0.15, 0.2) is 0 Å². The van der Waals surface area contributed by atoms with E-state index in [-0.39, 0.29) is 11.9 Å². The van der Waals surface area contributed by atoms with Gasteiger partial charge < -0.3 is 10.2 Å². The van der Waals surface area contributed by atoms with Gasteiger partial charge in [-0.05, 0) is 37.1 Å². The second-order valence-corrected chi connectivity index (χ2v) is 7.01. The number of aromatic nitrogens is 2. The van der Waals surface area contributed by atoms with Gasteiger partial charge in [0.2, 0.25) is 0 Å². The van der Waals surface area contributed by atoms with E-state index in [4.69, 9.17) is 0 Å². The molecule has 0 aromatic carbocycles. The fourth-order valence-electron chi connectivity index (χ4n) is 3.82. The molecule has 2 aromatic heterocycles. The molecule has 7 nitrogen and oxygen atoms in total. The van der Waals surface area contributed by atoms with Crippen molar-refractivity contribution < 1.29 is 9.59 Å². The summed E-state index contributed by atoms with van der Waals surface area (Å²) in [7, 11) is 0. The first-order chi connectivity index (χ1) is 13.2. The van der Waals surface area contributed by atoms with Crippen LogP contribution in [0.2, 0.25) is 0 Å². The maximum atomic E-state index is 12.8. The number of carbonyl (C=O) groups is 2. The molecule has 0 unspecified atom stereocenters. The van der Waals surface area contributed by atoms with E-state index < -0.39 is 0 Å². The minimum Gasteiger partial charge on any atom is -0.321 e. The SMILES string of the molecule is O=C(Nc1ccc(N2CCN(C3CCCCC3)C2=O)nc1)c1ccncc1. The van der Waals surface area contributed by atoms with Gasteiger partial charge in [-0.1, -0.05) is 19.3 Å². The highest BCUT2D eigenvalue weighted by Gasteiger charge is 2.35. The molecule has 1 aliphatic carbocycles. The van der Waals surface area contributed by atoms with Crippen LogP contribution in [0.3, 0.4) is 0 Å². The molecule has 0 spiro atoms. The van der Waals surface area contributed by atoms with E-state index in [9.17, 15) is 9.59 Å². The maximum absolute atomic E-state index is 12.8. The highest BCUT2D eigenvalue weighted by atomic mass is 16.2. The number of rotatable bonds is 4. The minimum absolute atomic E-state index is 0.0444. The average molecular weight is 365 g/mol. The first kappa shape index (κ1) is 17.5. The molecule has 1 N–H and O–H groups in total. The Morgan fingerprint density at radius 1 is 1.04 bits per heavy atom.